The predicted molar refractivity (Wildman–Crippen MR) is 127 cm³/mol. The normalized spacial score (nSPS) is 14.2. The maximum atomic E-state index is 12.7. The fourth-order valence-electron chi connectivity index (χ4n) is 4.06. The van der Waals surface area contributed by atoms with E-state index in [0.29, 0.717) is 30.4 Å². The highest BCUT2D eigenvalue weighted by molar-refractivity contribution is 5.97. The first kappa shape index (κ1) is 24.7. The first-order chi connectivity index (χ1) is 17.5. The van der Waals surface area contributed by atoms with Crippen molar-refractivity contribution in [1.82, 2.24) is 0 Å². The van der Waals surface area contributed by atoms with Crippen LogP contribution in [0.5, 0.6) is 0 Å². The summed E-state index contributed by atoms with van der Waals surface area (Å²) >= 11 is 0. The van der Waals surface area contributed by atoms with Crippen molar-refractivity contribution in [2.75, 3.05) is 0 Å². The van der Waals surface area contributed by atoms with Crippen LogP contribution in [0.4, 0.5) is 9.59 Å². The van der Waals surface area contributed by atoms with Crippen molar-refractivity contribution in [3.63, 3.8) is 0 Å². The Hall–Kier alpha value is -4.46. The molecule has 3 aromatic carbocycles. The van der Waals surface area contributed by atoms with E-state index in [0.717, 1.165) is 11.1 Å². The quantitative estimate of drug-likeness (QED) is 0.332. The molecule has 3 aromatic rings. The monoisotopic (exact) mass is 488 g/mol. The zero-order valence-electron chi connectivity index (χ0n) is 19.4. The topological polar surface area (TPSA) is 105 Å². The molecular formula is C28H24O8. The van der Waals surface area contributed by atoms with Crippen molar-refractivity contribution in [3.05, 3.63) is 107 Å². The third-order valence-electron chi connectivity index (χ3n) is 5.77. The predicted octanol–water partition coefficient (Wildman–Crippen LogP) is 5.48. The third-order valence-corrected chi connectivity index (χ3v) is 5.77. The number of benzene rings is 3. The zero-order chi connectivity index (χ0) is 25.3. The van der Waals surface area contributed by atoms with Gasteiger partial charge in [0.1, 0.15) is 13.2 Å². The number of esters is 2. The lowest BCUT2D eigenvalue weighted by Crippen LogP contribution is -2.25. The van der Waals surface area contributed by atoms with Crippen LogP contribution in [0, 0.1) is 0 Å². The molecule has 4 rings (SSSR count). The lowest BCUT2D eigenvalue weighted by molar-refractivity contribution is -0.142. The number of rotatable bonds is 6. The Morgan fingerprint density at radius 2 is 1.28 bits per heavy atom. The van der Waals surface area contributed by atoms with E-state index in [2.05, 4.69) is 0 Å². The van der Waals surface area contributed by atoms with Gasteiger partial charge in [0.2, 0.25) is 0 Å². The fraction of sp³-hybridized carbons (Fsp3) is 0.214. The lowest BCUT2D eigenvalue weighted by Gasteiger charge is -2.25. The van der Waals surface area contributed by atoms with Crippen LogP contribution < -0.4 is 0 Å². The molecule has 36 heavy (non-hydrogen) atoms. The van der Waals surface area contributed by atoms with Gasteiger partial charge in [-0.15, -0.1) is 0 Å². The molecule has 0 N–H and O–H groups in total. The summed E-state index contributed by atoms with van der Waals surface area (Å²) in [5.41, 5.74) is 2.80. The summed E-state index contributed by atoms with van der Waals surface area (Å²) in [5, 5.41) is 0. The molecule has 0 bridgehead atoms. The second-order valence-electron chi connectivity index (χ2n) is 8.18. The van der Waals surface area contributed by atoms with E-state index in [1.165, 1.54) is 6.07 Å². The van der Waals surface area contributed by atoms with Gasteiger partial charge in [0.15, 0.2) is 0 Å². The fourth-order valence-corrected chi connectivity index (χ4v) is 4.06. The van der Waals surface area contributed by atoms with E-state index in [-0.39, 0.29) is 18.8 Å². The van der Waals surface area contributed by atoms with Gasteiger partial charge >= 0.3 is 24.2 Å². The van der Waals surface area contributed by atoms with E-state index in [4.69, 9.17) is 18.9 Å². The van der Waals surface area contributed by atoms with Crippen molar-refractivity contribution in [3.8, 4) is 0 Å². The number of hydrogen-bond donors (Lipinski definition) is 0. The van der Waals surface area contributed by atoms with Crippen LogP contribution in [0.1, 0.15) is 51.4 Å². The van der Waals surface area contributed by atoms with Gasteiger partial charge in [-0.05, 0) is 47.6 Å². The summed E-state index contributed by atoms with van der Waals surface area (Å²) in [7, 11) is 0. The van der Waals surface area contributed by atoms with Gasteiger partial charge < -0.3 is 18.9 Å². The van der Waals surface area contributed by atoms with Gasteiger partial charge in [-0.3, -0.25) is 4.79 Å². The first-order valence-electron chi connectivity index (χ1n) is 11.5. The van der Waals surface area contributed by atoms with Crippen LogP contribution in [-0.4, -0.2) is 24.2 Å². The summed E-state index contributed by atoms with van der Waals surface area (Å²) in [6.07, 6.45) is -0.687. The van der Waals surface area contributed by atoms with Gasteiger partial charge in [-0.25, -0.2) is 14.4 Å². The Morgan fingerprint density at radius 1 is 0.694 bits per heavy atom. The van der Waals surface area contributed by atoms with Gasteiger partial charge in [0.05, 0.1) is 11.5 Å². The summed E-state index contributed by atoms with van der Waals surface area (Å²) in [6.45, 7) is -0.0568. The summed E-state index contributed by atoms with van der Waals surface area (Å²) < 4.78 is 19.8. The van der Waals surface area contributed by atoms with Gasteiger partial charge in [0.25, 0.3) is 0 Å². The Bertz CT molecular complexity index is 1240. The van der Waals surface area contributed by atoms with E-state index in [1.54, 1.807) is 60.7 Å². The maximum Gasteiger partial charge on any atom is 0.516 e. The van der Waals surface area contributed by atoms with Crippen molar-refractivity contribution in [2.45, 2.75) is 38.4 Å². The Labute approximate surface area is 207 Å². The molecule has 0 saturated heterocycles. The van der Waals surface area contributed by atoms with Crippen molar-refractivity contribution < 1.29 is 38.1 Å². The van der Waals surface area contributed by atoms with Crippen LogP contribution in [0.25, 0.3) is 0 Å². The Kier molecular flexibility index (Phi) is 8.08. The SMILES string of the molecule is O=C(OCc1ccccc1)OC(=O)c1cccc2c1CCCC2C(=O)OC(=O)OCc1ccccc1. The molecule has 1 aliphatic carbocycles. The molecule has 0 aliphatic heterocycles. The molecule has 0 amide bonds. The molecule has 1 aliphatic rings. The molecule has 0 fully saturated rings. The Balaban J connectivity index is 1.37. The summed E-state index contributed by atoms with van der Waals surface area (Å²) in [5.74, 6) is -2.39. The number of carbonyl (C=O) groups is 4. The second kappa shape index (κ2) is 11.8. The van der Waals surface area contributed by atoms with Crippen LogP contribution in [0.15, 0.2) is 78.9 Å². The minimum Gasteiger partial charge on any atom is -0.429 e. The molecule has 0 radical (unpaired) electrons. The molecule has 8 heteroatoms. The highest BCUT2D eigenvalue weighted by Crippen LogP contribution is 2.35. The standard InChI is InChI=1S/C28H24O8/c29-25(35-27(31)33-17-19-9-3-1-4-10-19)23-15-7-14-22-21(23)13-8-16-24(22)26(30)36-28(32)34-18-20-11-5-2-6-12-20/h1-7,9-12,14-15,24H,8,13,16-18H2. The number of ether oxygens (including phenoxy) is 4. The average molecular weight is 488 g/mol. The van der Waals surface area contributed by atoms with Crippen LogP contribution in [0.2, 0.25) is 0 Å². The second-order valence-corrected chi connectivity index (χ2v) is 8.18. The van der Waals surface area contributed by atoms with Gasteiger partial charge in [0, 0.05) is 0 Å². The lowest BCUT2D eigenvalue weighted by atomic mass is 9.80. The Morgan fingerprint density at radius 3 is 1.89 bits per heavy atom. The molecular weight excluding hydrogens is 464 g/mol. The van der Waals surface area contributed by atoms with Crippen LogP contribution in [0.3, 0.4) is 0 Å². The van der Waals surface area contributed by atoms with Crippen molar-refractivity contribution in [2.24, 2.45) is 0 Å². The van der Waals surface area contributed by atoms with Crippen LogP contribution >= 0.6 is 0 Å². The molecule has 8 nitrogen and oxygen atoms in total. The van der Waals surface area contributed by atoms with E-state index >= 15 is 0 Å². The molecule has 0 spiro atoms. The number of hydrogen-bond acceptors (Lipinski definition) is 8. The van der Waals surface area contributed by atoms with Crippen molar-refractivity contribution >= 4 is 24.2 Å². The molecule has 184 valence electrons. The molecule has 0 aromatic heterocycles. The smallest absolute Gasteiger partial charge is 0.429 e. The third kappa shape index (κ3) is 6.35. The number of fused-ring (bicyclic) bond motifs is 1. The minimum atomic E-state index is -1.12. The van der Waals surface area contributed by atoms with E-state index in [9.17, 15) is 19.2 Å². The van der Waals surface area contributed by atoms with E-state index in [1.807, 2.05) is 12.1 Å². The molecule has 0 saturated carbocycles. The molecule has 0 heterocycles. The van der Waals surface area contributed by atoms with Gasteiger partial charge in [-0.1, -0.05) is 72.8 Å². The van der Waals surface area contributed by atoms with Gasteiger partial charge in [-0.2, -0.15) is 0 Å². The first-order valence-corrected chi connectivity index (χ1v) is 11.5. The summed E-state index contributed by atoms with van der Waals surface area (Å²) in [6, 6.07) is 22.8. The largest absolute Gasteiger partial charge is 0.516 e. The molecule has 1 unspecified atom stereocenters. The highest BCUT2D eigenvalue weighted by atomic mass is 16.7. The minimum absolute atomic E-state index is 0.0232. The zero-order valence-corrected chi connectivity index (χ0v) is 19.4. The maximum absolute atomic E-state index is 12.7. The molecule has 1 atom stereocenters. The summed E-state index contributed by atoms with van der Waals surface area (Å²) in [4.78, 5) is 49.5. The van der Waals surface area contributed by atoms with E-state index < -0.39 is 30.2 Å². The highest BCUT2D eigenvalue weighted by Gasteiger charge is 2.32. The average Bonchev–Trinajstić information content (AvgIpc) is 2.91. The van der Waals surface area contributed by atoms with Crippen molar-refractivity contribution in [1.29, 1.82) is 0 Å². The van der Waals surface area contributed by atoms with Crippen LogP contribution in [-0.2, 0) is 43.4 Å². The number of carbonyl (C=O) groups excluding carboxylic acids is 4.